The van der Waals surface area contributed by atoms with Crippen molar-refractivity contribution in [3.8, 4) is 11.4 Å². The van der Waals surface area contributed by atoms with E-state index in [9.17, 15) is 8.42 Å². The molecule has 0 radical (unpaired) electrons. The molecule has 0 bridgehead atoms. The molecule has 1 heterocycles. The normalized spacial score (nSPS) is 18.8. The Balaban J connectivity index is 2.01. The number of sulfonamides is 1. The van der Waals surface area contributed by atoms with Crippen LogP contribution in [0.25, 0.3) is 22.5 Å². The lowest BCUT2D eigenvalue weighted by molar-refractivity contribution is 0.556. The second-order valence-electron chi connectivity index (χ2n) is 9.49. The minimum atomic E-state index is -3.25. The Kier molecular flexibility index (Phi) is 9.77. The van der Waals surface area contributed by atoms with E-state index in [1.807, 2.05) is 61.9 Å². The molecule has 2 N–H and O–H groups in total. The molecular formula is C28H38N6O2S. The minimum Gasteiger partial charge on any atom is -0.383 e. The fourth-order valence-corrected chi connectivity index (χ4v) is 5.33. The molecule has 2 atom stereocenters. The number of nitrogens with one attached hydrogen (secondary N) is 2. The van der Waals surface area contributed by atoms with Crippen LogP contribution in [0.1, 0.15) is 43.7 Å². The van der Waals surface area contributed by atoms with Crippen molar-refractivity contribution in [2.24, 2.45) is 4.99 Å². The summed E-state index contributed by atoms with van der Waals surface area (Å²) in [5, 5.41) is 3.58. The van der Waals surface area contributed by atoms with Crippen molar-refractivity contribution >= 4 is 33.2 Å². The van der Waals surface area contributed by atoms with E-state index in [0.717, 1.165) is 47.1 Å². The lowest BCUT2D eigenvalue weighted by atomic mass is 10.0. The molecule has 1 saturated carbocycles. The van der Waals surface area contributed by atoms with Crippen LogP contribution in [0, 0.1) is 0 Å². The molecular weight excluding hydrogens is 484 g/mol. The standard InChI is InChI=1S/C28H38N6O2S/c1-7-10-23(17-29-3)26-18-30-27(22-12-9-11-21(15-22)20(8-2)19-34(4)5)32-28(26)31-24-13-14-25(16-24)33-37(6,35)36/h8-12,15,17-19,24-25,33H,2,7,13-14,16H2,1,3-6H3,(H,30,31,32)/b20-19+,23-10+,29-17-/t24?,25-/m0/s1. The number of aliphatic imine (C=N–C) groups is 1. The maximum Gasteiger partial charge on any atom is 0.208 e. The third-order valence-electron chi connectivity index (χ3n) is 6.02. The molecule has 0 saturated heterocycles. The van der Waals surface area contributed by atoms with E-state index in [4.69, 9.17) is 9.97 Å². The van der Waals surface area contributed by atoms with Crippen LogP contribution >= 0.6 is 0 Å². The highest BCUT2D eigenvalue weighted by atomic mass is 32.2. The van der Waals surface area contributed by atoms with Crippen LogP contribution in [0.15, 0.2) is 60.4 Å². The van der Waals surface area contributed by atoms with Gasteiger partial charge >= 0.3 is 0 Å². The summed E-state index contributed by atoms with van der Waals surface area (Å²) in [5.74, 6) is 1.32. The number of anilines is 1. The zero-order chi connectivity index (χ0) is 27.0. The fraction of sp³-hybridized carbons (Fsp3) is 0.393. The van der Waals surface area contributed by atoms with Gasteiger partial charge in [0, 0.05) is 68.5 Å². The maximum atomic E-state index is 11.7. The van der Waals surface area contributed by atoms with Gasteiger partial charge in [0.05, 0.1) is 6.26 Å². The van der Waals surface area contributed by atoms with Crippen molar-refractivity contribution < 1.29 is 8.42 Å². The third-order valence-corrected chi connectivity index (χ3v) is 6.78. The average Bonchev–Trinajstić information content (AvgIpc) is 3.27. The predicted octanol–water partition coefficient (Wildman–Crippen LogP) is 4.61. The number of nitrogens with zero attached hydrogens (tertiary/aromatic N) is 4. The highest BCUT2D eigenvalue weighted by molar-refractivity contribution is 7.88. The van der Waals surface area contributed by atoms with Gasteiger partial charge in [-0.15, -0.1) is 0 Å². The van der Waals surface area contributed by atoms with Crippen LogP contribution in [0.2, 0.25) is 0 Å². The molecule has 3 rings (SSSR count). The molecule has 9 heteroatoms. The fourth-order valence-electron chi connectivity index (χ4n) is 4.51. The van der Waals surface area contributed by atoms with Gasteiger partial charge in [-0.3, -0.25) is 4.99 Å². The van der Waals surface area contributed by atoms with Crippen molar-refractivity contribution in [3.63, 3.8) is 0 Å². The van der Waals surface area contributed by atoms with Gasteiger partial charge < -0.3 is 10.2 Å². The van der Waals surface area contributed by atoms with Gasteiger partial charge in [-0.1, -0.05) is 43.9 Å². The maximum absolute atomic E-state index is 11.7. The summed E-state index contributed by atoms with van der Waals surface area (Å²) < 4.78 is 26.2. The number of aromatic nitrogens is 2. The largest absolute Gasteiger partial charge is 0.383 e. The summed E-state index contributed by atoms with van der Waals surface area (Å²) in [5.41, 5.74) is 4.74. The van der Waals surface area contributed by atoms with Crippen molar-refractivity contribution in [3.05, 3.63) is 66.5 Å². The van der Waals surface area contributed by atoms with Crippen molar-refractivity contribution in [1.29, 1.82) is 0 Å². The van der Waals surface area contributed by atoms with E-state index in [1.165, 1.54) is 6.26 Å². The molecule has 1 aromatic heterocycles. The Bertz CT molecular complexity index is 1300. The Morgan fingerprint density at radius 2 is 2.00 bits per heavy atom. The number of benzene rings is 1. The van der Waals surface area contributed by atoms with E-state index in [0.29, 0.717) is 18.1 Å². The predicted molar refractivity (Wildman–Crippen MR) is 155 cm³/mol. The first-order valence-corrected chi connectivity index (χ1v) is 14.4. The summed E-state index contributed by atoms with van der Waals surface area (Å²) in [7, 11) is 2.45. The minimum absolute atomic E-state index is 0.0855. The third kappa shape index (κ3) is 8.10. The van der Waals surface area contributed by atoms with Gasteiger partial charge in [0.15, 0.2) is 5.82 Å². The van der Waals surface area contributed by atoms with Crippen molar-refractivity contribution in [2.75, 3.05) is 32.7 Å². The van der Waals surface area contributed by atoms with E-state index in [-0.39, 0.29) is 12.1 Å². The number of hydrogen-bond donors (Lipinski definition) is 2. The molecule has 0 amide bonds. The second kappa shape index (κ2) is 12.8. The zero-order valence-corrected chi connectivity index (χ0v) is 23.2. The summed E-state index contributed by atoms with van der Waals surface area (Å²) in [6.45, 7) is 6.04. The SMILES string of the molecule is C=C/C(=C\N(C)C)c1cccc(-c2ncc(C(/C=N\C)=C/CC)c(NC3CC[C@H](NS(C)(=O)=O)C3)n2)c1. The van der Waals surface area contributed by atoms with Gasteiger partial charge in [0.1, 0.15) is 5.82 Å². The van der Waals surface area contributed by atoms with Crippen LogP contribution in [0.4, 0.5) is 5.82 Å². The van der Waals surface area contributed by atoms with Gasteiger partial charge in [0.25, 0.3) is 0 Å². The first kappa shape index (κ1) is 28.3. The summed E-state index contributed by atoms with van der Waals surface area (Å²) in [6, 6.07) is 8.10. The Morgan fingerprint density at radius 1 is 1.24 bits per heavy atom. The molecule has 198 valence electrons. The highest BCUT2D eigenvalue weighted by Crippen LogP contribution is 2.30. The molecule has 37 heavy (non-hydrogen) atoms. The van der Waals surface area contributed by atoms with Crippen molar-refractivity contribution in [2.45, 2.75) is 44.7 Å². The Hall–Kier alpha value is -3.30. The van der Waals surface area contributed by atoms with Crippen LogP contribution in [0.5, 0.6) is 0 Å². The quantitative estimate of drug-likeness (QED) is 0.330. The molecule has 0 aliphatic heterocycles. The molecule has 1 aromatic carbocycles. The lowest BCUT2D eigenvalue weighted by Gasteiger charge is -2.18. The van der Waals surface area contributed by atoms with Gasteiger partial charge in [-0.25, -0.2) is 23.1 Å². The van der Waals surface area contributed by atoms with E-state index in [2.05, 4.69) is 40.7 Å². The summed E-state index contributed by atoms with van der Waals surface area (Å²) in [6.07, 6.45) is 14.0. The molecule has 1 aliphatic carbocycles. The molecule has 0 spiro atoms. The Labute approximate surface area is 221 Å². The van der Waals surface area contributed by atoms with Gasteiger partial charge in [-0.05, 0) is 42.9 Å². The molecule has 1 aliphatic rings. The van der Waals surface area contributed by atoms with E-state index >= 15 is 0 Å². The smallest absolute Gasteiger partial charge is 0.208 e. The van der Waals surface area contributed by atoms with Crippen LogP contribution < -0.4 is 10.0 Å². The number of allylic oxidation sites excluding steroid dienone is 4. The average molecular weight is 523 g/mol. The topological polar surface area (TPSA) is 99.6 Å². The molecule has 8 nitrogen and oxygen atoms in total. The first-order chi connectivity index (χ1) is 17.6. The molecule has 1 fully saturated rings. The number of hydrogen-bond acceptors (Lipinski definition) is 7. The van der Waals surface area contributed by atoms with Gasteiger partial charge in [-0.2, -0.15) is 0 Å². The van der Waals surface area contributed by atoms with Crippen LogP contribution in [-0.4, -0.2) is 69.0 Å². The summed E-state index contributed by atoms with van der Waals surface area (Å²) >= 11 is 0. The number of rotatable bonds is 11. The van der Waals surface area contributed by atoms with Crippen LogP contribution in [-0.2, 0) is 10.0 Å². The van der Waals surface area contributed by atoms with Crippen molar-refractivity contribution in [1.82, 2.24) is 19.6 Å². The molecule has 2 aromatic rings. The second-order valence-corrected chi connectivity index (χ2v) is 11.3. The first-order valence-electron chi connectivity index (χ1n) is 12.5. The lowest BCUT2D eigenvalue weighted by Crippen LogP contribution is -2.33. The zero-order valence-electron chi connectivity index (χ0n) is 22.4. The highest BCUT2D eigenvalue weighted by Gasteiger charge is 2.28. The summed E-state index contributed by atoms with van der Waals surface area (Å²) in [4.78, 5) is 15.9. The van der Waals surface area contributed by atoms with Crippen LogP contribution in [0.3, 0.4) is 0 Å². The monoisotopic (exact) mass is 522 g/mol. The molecule has 1 unspecified atom stereocenters. The van der Waals surface area contributed by atoms with E-state index < -0.39 is 10.0 Å². The Morgan fingerprint density at radius 3 is 2.65 bits per heavy atom. The van der Waals surface area contributed by atoms with Gasteiger partial charge in [0.2, 0.25) is 10.0 Å². The van der Waals surface area contributed by atoms with E-state index in [1.54, 1.807) is 7.05 Å².